The predicted molar refractivity (Wildman–Crippen MR) is 102 cm³/mol. The second-order valence-corrected chi connectivity index (χ2v) is 6.87. The molecule has 25 heavy (non-hydrogen) atoms. The molecule has 3 nitrogen and oxygen atoms in total. The van der Waals surface area contributed by atoms with Crippen molar-refractivity contribution < 1.29 is 4.79 Å². The van der Waals surface area contributed by atoms with Gasteiger partial charge in [0.05, 0.1) is 10.6 Å². The molecule has 0 unspecified atom stereocenters. The molecule has 2 aromatic carbocycles. The van der Waals surface area contributed by atoms with E-state index in [4.69, 9.17) is 11.6 Å². The molecule has 5 heteroatoms. The van der Waals surface area contributed by atoms with E-state index in [0.717, 1.165) is 21.8 Å². The number of rotatable bonds is 3. The third-order valence-electron chi connectivity index (χ3n) is 3.84. The molecule has 0 atom stereocenters. The molecule has 0 saturated heterocycles. The fourth-order valence-corrected chi connectivity index (χ4v) is 3.42. The molecule has 0 amide bonds. The van der Waals surface area contributed by atoms with Crippen LogP contribution in [-0.2, 0) is 0 Å². The van der Waals surface area contributed by atoms with Gasteiger partial charge >= 0.3 is 0 Å². The summed E-state index contributed by atoms with van der Waals surface area (Å²) in [6.45, 7) is 0. The number of halogens is 1. The Morgan fingerprint density at radius 3 is 2.40 bits per heavy atom. The van der Waals surface area contributed by atoms with E-state index in [0.29, 0.717) is 10.6 Å². The Bertz CT molecular complexity index is 1010. The zero-order valence-electron chi connectivity index (χ0n) is 13.1. The lowest BCUT2D eigenvalue weighted by atomic mass is 10.1. The maximum absolute atomic E-state index is 13.0. The summed E-state index contributed by atoms with van der Waals surface area (Å²) in [4.78, 5) is 14.0. The molecule has 0 N–H and O–H groups in total. The molecule has 0 saturated carbocycles. The van der Waals surface area contributed by atoms with Gasteiger partial charge in [-0.15, -0.1) is 11.3 Å². The second-order valence-electron chi connectivity index (χ2n) is 5.48. The van der Waals surface area contributed by atoms with Crippen molar-refractivity contribution in [1.29, 1.82) is 0 Å². The molecule has 2 heterocycles. The molecule has 4 rings (SSSR count). The Labute approximate surface area is 154 Å². The van der Waals surface area contributed by atoms with Crippen LogP contribution < -0.4 is 0 Å². The maximum atomic E-state index is 13.0. The molecule has 4 aromatic rings. The normalized spacial score (nSPS) is 10.8. The summed E-state index contributed by atoms with van der Waals surface area (Å²) in [7, 11) is 0. The highest BCUT2D eigenvalue weighted by atomic mass is 35.5. The lowest BCUT2D eigenvalue weighted by molar-refractivity contribution is 0.0947. The zero-order valence-corrected chi connectivity index (χ0v) is 14.7. The average molecular weight is 365 g/mol. The van der Waals surface area contributed by atoms with Crippen molar-refractivity contribution >= 4 is 28.8 Å². The van der Waals surface area contributed by atoms with E-state index in [9.17, 15) is 4.79 Å². The van der Waals surface area contributed by atoms with Crippen molar-refractivity contribution in [2.24, 2.45) is 0 Å². The van der Waals surface area contributed by atoms with Gasteiger partial charge < -0.3 is 0 Å². The molecule has 0 spiro atoms. The lowest BCUT2D eigenvalue weighted by Gasteiger charge is -2.06. The standard InChI is InChI=1S/C20H13ClN2OS/c21-16-10-8-14(9-11-16)18-13-17(19-7-4-12-25-19)22-23(18)20(24)15-5-2-1-3-6-15/h1-13H. The fourth-order valence-electron chi connectivity index (χ4n) is 2.61. The molecule has 2 aromatic heterocycles. The number of carbonyl (C=O) groups is 1. The number of nitrogens with zero attached hydrogens (tertiary/aromatic N) is 2. The van der Waals surface area contributed by atoms with Gasteiger partial charge in [-0.25, -0.2) is 0 Å². The summed E-state index contributed by atoms with van der Waals surface area (Å²) in [6, 6.07) is 22.5. The van der Waals surface area contributed by atoms with Gasteiger partial charge in [-0.2, -0.15) is 9.78 Å². The van der Waals surface area contributed by atoms with Gasteiger partial charge in [0.1, 0.15) is 5.69 Å². The molecule has 0 bridgehead atoms. The summed E-state index contributed by atoms with van der Waals surface area (Å²) >= 11 is 7.59. The van der Waals surface area contributed by atoms with Crippen molar-refractivity contribution in [2.45, 2.75) is 0 Å². The molecule has 0 aliphatic rings. The van der Waals surface area contributed by atoms with E-state index in [2.05, 4.69) is 5.10 Å². The first-order valence-corrected chi connectivity index (χ1v) is 8.98. The minimum absolute atomic E-state index is 0.159. The van der Waals surface area contributed by atoms with Crippen LogP contribution in [0.25, 0.3) is 21.8 Å². The summed E-state index contributed by atoms with van der Waals surface area (Å²) in [5, 5.41) is 7.22. The van der Waals surface area contributed by atoms with Crippen LogP contribution in [0.4, 0.5) is 0 Å². The summed E-state index contributed by atoms with van der Waals surface area (Å²) < 4.78 is 1.47. The van der Waals surface area contributed by atoms with E-state index >= 15 is 0 Å². The quantitative estimate of drug-likeness (QED) is 0.473. The Morgan fingerprint density at radius 2 is 1.72 bits per heavy atom. The third-order valence-corrected chi connectivity index (χ3v) is 4.98. The lowest BCUT2D eigenvalue weighted by Crippen LogP contribution is -2.14. The maximum Gasteiger partial charge on any atom is 0.278 e. The number of hydrogen-bond acceptors (Lipinski definition) is 3. The summed E-state index contributed by atoms with van der Waals surface area (Å²) in [6.07, 6.45) is 0. The largest absolute Gasteiger partial charge is 0.278 e. The second kappa shape index (κ2) is 6.67. The van der Waals surface area contributed by atoms with Crippen LogP contribution in [0, 0.1) is 0 Å². The highest BCUT2D eigenvalue weighted by Gasteiger charge is 2.18. The van der Waals surface area contributed by atoms with E-state index < -0.39 is 0 Å². The van der Waals surface area contributed by atoms with E-state index in [1.165, 1.54) is 4.68 Å². The minimum Gasteiger partial charge on any atom is -0.267 e. The highest BCUT2D eigenvalue weighted by Crippen LogP contribution is 2.30. The van der Waals surface area contributed by atoms with E-state index in [1.54, 1.807) is 23.5 Å². The van der Waals surface area contributed by atoms with Gasteiger partial charge in [-0.1, -0.05) is 48.0 Å². The first-order valence-electron chi connectivity index (χ1n) is 7.72. The van der Waals surface area contributed by atoms with Crippen molar-refractivity contribution in [2.75, 3.05) is 0 Å². The smallest absolute Gasteiger partial charge is 0.267 e. The first kappa shape index (κ1) is 15.8. The number of carbonyl (C=O) groups excluding carboxylic acids is 1. The molecule has 0 radical (unpaired) electrons. The molecule has 0 fully saturated rings. The van der Waals surface area contributed by atoms with Crippen molar-refractivity contribution in [3.05, 3.63) is 88.8 Å². The van der Waals surface area contributed by atoms with Crippen LogP contribution >= 0.6 is 22.9 Å². The summed E-state index contributed by atoms with van der Waals surface area (Å²) in [5.74, 6) is -0.159. The van der Waals surface area contributed by atoms with Crippen LogP contribution in [0.5, 0.6) is 0 Å². The molecule has 0 aliphatic carbocycles. The third kappa shape index (κ3) is 3.14. The Balaban J connectivity index is 1.86. The number of thiophene rings is 1. The van der Waals surface area contributed by atoms with Gasteiger partial charge in [-0.3, -0.25) is 4.79 Å². The SMILES string of the molecule is O=C(c1ccccc1)n1nc(-c2cccs2)cc1-c1ccc(Cl)cc1. The van der Waals surface area contributed by atoms with Gasteiger partial charge in [-0.05, 0) is 41.8 Å². The van der Waals surface area contributed by atoms with E-state index in [1.807, 2.05) is 66.0 Å². The van der Waals surface area contributed by atoms with Crippen LogP contribution in [0.3, 0.4) is 0 Å². The van der Waals surface area contributed by atoms with Gasteiger partial charge in [0, 0.05) is 16.1 Å². The minimum atomic E-state index is -0.159. The average Bonchev–Trinajstić information content (AvgIpc) is 3.32. The fraction of sp³-hybridized carbons (Fsp3) is 0. The van der Waals surface area contributed by atoms with Crippen LogP contribution in [-0.4, -0.2) is 15.7 Å². The number of hydrogen-bond donors (Lipinski definition) is 0. The Kier molecular flexibility index (Phi) is 4.22. The zero-order chi connectivity index (χ0) is 17.2. The van der Waals surface area contributed by atoms with Crippen molar-refractivity contribution in [3.8, 4) is 21.8 Å². The van der Waals surface area contributed by atoms with E-state index in [-0.39, 0.29) is 5.91 Å². The Hall–Kier alpha value is -2.69. The van der Waals surface area contributed by atoms with Crippen LogP contribution in [0.1, 0.15) is 10.4 Å². The highest BCUT2D eigenvalue weighted by molar-refractivity contribution is 7.13. The topological polar surface area (TPSA) is 34.9 Å². The monoisotopic (exact) mass is 364 g/mol. The first-order chi connectivity index (χ1) is 12.2. The van der Waals surface area contributed by atoms with Crippen LogP contribution in [0.2, 0.25) is 5.02 Å². The summed E-state index contributed by atoms with van der Waals surface area (Å²) in [5.41, 5.74) is 3.01. The number of aromatic nitrogens is 2. The predicted octanol–water partition coefficient (Wildman–Crippen LogP) is 5.62. The molecular weight excluding hydrogens is 352 g/mol. The molecule has 0 aliphatic heterocycles. The Morgan fingerprint density at radius 1 is 0.960 bits per heavy atom. The van der Waals surface area contributed by atoms with Crippen molar-refractivity contribution in [1.82, 2.24) is 9.78 Å². The van der Waals surface area contributed by atoms with Crippen LogP contribution in [0.15, 0.2) is 78.2 Å². The van der Waals surface area contributed by atoms with Gasteiger partial charge in [0.15, 0.2) is 0 Å². The molecular formula is C20H13ClN2OS. The van der Waals surface area contributed by atoms with Gasteiger partial charge in [0.25, 0.3) is 5.91 Å². The molecule has 122 valence electrons. The number of benzene rings is 2. The van der Waals surface area contributed by atoms with Gasteiger partial charge in [0.2, 0.25) is 0 Å². The van der Waals surface area contributed by atoms with Crippen molar-refractivity contribution in [3.63, 3.8) is 0 Å².